The maximum atomic E-state index is 11.1. The Balaban J connectivity index is 3.65. The molecule has 0 bridgehead atoms. The second-order valence-corrected chi connectivity index (χ2v) is 2.87. The second-order valence-electron chi connectivity index (χ2n) is 2.87. The summed E-state index contributed by atoms with van der Waals surface area (Å²) >= 11 is 0. The molecule has 0 saturated carbocycles. The number of ether oxygens (including phenoxy) is 2. The summed E-state index contributed by atoms with van der Waals surface area (Å²) < 4.78 is 9.44. The molecule has 14 heavy (non-hydrogen) atoms. The van der Waals surface area contributed by atoms with E-state index in [-0.39, 0.29) is 12.2 Å². The molecule has 0 rings (SSSR count). The lowest BCUT2D eigenvalue weighted by molar-refractivity contribution is -0.143. The van der Waals surface area contributed by atoms with Crippen molar-refractivity contribution < 1.29 is 19.1 Å². The Labute approximate surface area is 83.9 Å². The van der Waals surface area contributed by atoms with Gasteiger partial charge in [-0.3, -0.25) is 4.79 Å². The summed E-state index contributed by atoms with van der Waals surface area (Å²) in [6.45, 7) is 7.01. The highest BCUT2D eigenvalue weighted by atomic mass is 16.5. The first-order valence-electron chi connectivity index (χ1n) is 4.56. The highest BCUT2D eigenvalue weighted by Crippen LogP contribution is 1.98. The lowest BCUT2D eigenvalue weighted by atomic mass is 10.3. The molecule has 4 nitrogen and oxygen atoms in total. The van der Waals surface area contributed by atoms with E-state index in [2.05, 4.69) is 11.3 Å². The molecule has 0 atom stereocenters. The summed E-state index contributed by atoms with van der Waals surface area (Å²) in [7, 11) is 0. The third kappa shape index (κ3) is 6.22. The molecule has 0 radical (unpaired) electrons. The molecule has 0 aromatic heterocycles. The van der Waals surface area contributed by atoms with Crippen molar-refractivity contribution in [1.29, 1.82) is 0 Å². The largest absolute Gasteiger partial charge is 0.462 e. The molecular weight excluding hydrogens is 184 g/mol. The van der Waals surface area contributed by atoms with Crippen LogP contribution in [0.15, 0.2) is 12.2 Å². The third-order valence-electron chi connectivity index (χ3n) is 1.47. The van der Waals surface area contributed by atoms with E-state index >= 15 is 0 Å². The zero-order chi connectivity index (χ0) is 11.0. The summed E-state index contributed by atoms with van der Waals surface area (Å²) in [6.07, 6.45) is 1.79. The first-order valence-corrected chi connectivity index (χ1v) is 4.56. The van der Waals surface area contributed by atoms with Gasteiger partial charge in [0.25, 0.3) is 0 Å². The quantitative estimate of drug-likeness (QED) is 0.370. The lowest BCUT2D eigenvalue weighted by Crippen LogP contribution is -2.14. The van der Waals surface area contributed by atoms with Crippen LogP contribution in [0.4, 0.5) is 0 Å². The average Bonchev–Trinajstić information content (AvgIpc) is 2.14. The van der Waals surface area contributed by atoms with E-state index in [1.165, 1.54) is 6.92 Å². The predicted octanol–water partition coefficient (Wildman–Crippen LogP) is 1.45. The van der Waals surface area contributed by atoms with Gasteiger partial charge in [0.15, 0.2) is 0 Å². The van der Waals surface area contributed by atoms with E-state index in [0.29, 0.717) is 6.61 Å². The van der Waals surface area contributed by atoms with E-state index < -0.39 is 11.9 Å². The van der Waals surface area contributed by atoms with Crippen molar-refractivity contribution in [2.45, 2.75) is 26.7 Å². The molecule has 0 aliphatic heterocycles. The van der Waals surface area contributed by atoms with Gasteiger partial charge in [0, 0.05) is 6.92 Å². The molecule has 0 amide bonds. The molecule has 0 aromatic rings. The van der Waals surface area contributed by atoms with Crippen LogP contribution < -0.4 is 0 Å². The van der Waals surface area contributed by atoms with Crippen molar-refractivity contribution >= 4 is 11.9 Å². The van der Waals surface area contributed by atoms with Crippen LogP contribution in [-0.4, -0.2) is 25.2 Å². The minimum atomic E-state index is -0.500. The molecule has 0 spiro atoms. The Morgan fingerprint density at radius 2 is 1.93 bits per heavy atom. The second kappa shape index (κ2) is 7.12. The van der Waals surface area contributed by atoms with Crippen molar-refractivity contribution in [3.8, 4) is 0 Å². The van der Waals surface area contributed by atoms with Crippen molar-refractivity contribution in [2.75, 3.05) is 13.2 Å². The van der Waals surface area contributed by atoms with Crippen molar-refractivity contribution in [3.05, 3.63) is 12.2 Å². The van der Waals surface area contributed by atoms with Gasteiger partial charge >= 0.3 is 11.9 Å². The molecule has 0 aliphatic carbocycles. The van der Waals surface area contributed by atoms with Gasteiger partial charge in [0.2, 0.25) is 0 Å². The predicted molar refractivity (Wildman–Crippen MR) is 51.6 cm³/mol. The number of esters is 2. The van der Waals surface area contributed by atoms with Gasteiger partial charge in [-0.15, -0.1) is 0 Å². The molecule has 0 fully saturated rings. The van der Waals surface area contributed by atoms with Gasteiger partial charge in [-0.05, 0) is 6.42 Å². The molecule has 0 aliphatic rings. The van der Waals surface area contributed by atoms with E-state index in [9.17, 15) is 9.59 Å². The lowest BCUT2D eigenvalue weighted by Gasteiger charge is -2.06. The SMILES string of the molecule is C=C(COC(C)=O)C(=O)OCCCC. The normalized spacial score (nSPS) is 9.29. The summed E-state index contributed by atoms with van der Waals surface area (Å²) in [5, 5.41) is 0. The standard InChI is InChI=1S/C10H16O4/c1-4-5-6-13-10(12)8(2)7-14-9(3)11/h2,4-7H2,1,3H3. The first kappa shape index (κ1) is 12.7. The summed E-state index contributed by atoms with van der Waals surface area (Å²) in [5.74, 6) is -0.938. The maximum Gasteiger partial charge on any atom is 0.336 e. The zero-order valence-corrected chi connectivity index (χ0v) is 8.67. The highest BCUT2D eigenvalue weighted by Gasteiger charge is 2.09. The van der Waals surface area contributed by atoms with Crippen molar-refractivity contribution in [1.82, 2.24) is 0 Å². The third-order valence-corrected chi connectivity index (χ3v) is 1.47. The minimum absolute atomic E-state index is 0.0969. The van der Waals surface area contributed by atoms with Gasteiger partial charge in [0.05, 0.1) is 12.2 Å². The van der Waals surface area contributed by atoms with Crippen LogP contribution in [0.5, 0.6) is 0 Å². The summed E-state index contributed by atoms with van der Waals surface area (Å²) in [4.78, 5) is 21.5. The molecule has 0 aromatic carbocycles. The van der Waals surface area contributed by atoms with Crippen LogP contribution in [0.3, 0.4) is 0 Å². The fraction of sp³-hybridized carbons (Fsp3) is 0.600. The Bertz CT molecular complexity index is 220. The Hall–Kier alpha value is -1.32. The van der Waals surface area contributed by atoms with Crippen LogP contribution in [0, 0.1) is 0 Å². The Morgan fingerprint density at radius 1 is 1.29 bits per heavy atom. The van der Waals surface area contributed by atoms with Gasteiger partial charge in [-0.25, -0.2) is 4.79 Å². The van der Waals surface area contributed by atoms with Crippen LogP contribution in [-0.2, 0) is 19.1 Å². The van der Waals surface area contributed by atoms with E-state index in [1.54, 1.807) is 0 Å². The van der Waals surface area contributed by atoms with Gasteiger partial charge in [0.1, 0.15) is 6.61 Å². The van der Waals surface area contributed by atoms with Crippen molar-refractivity contribution in [3.63, 3.8) is 0 Å². The van der Waals surface area contributed by atoms with Crippen molar-refractivity contribution in [2.24, 2.45) is 0 Å². The van der Waals surface area contributed by atoms with Crippen LogP contribution in [0.1, 0.15) is 26.7 Å². The highest BCUT2D eigenvalue weighted by molar-refractivity contribution is 5.88. The number of carbonyl (C=O) groups is 2. The molecule has 4 heteroatoms. The Kier molecular flexibility index (Phi) is 6.45. The van der Waals surface area contributed by atoms with Crippen LogP contribution in [0.25, 0.3) is 0 Å². The molecule has 0 N–H and O–H groups in total. The topological polar surface area (TPSA) is 52.6 Å². The van der Waals surface area contributed by atoms with E-state index in [0.717, 1.165) is 12.8 Å². The summed E-state index contributed by atoms with van der Waals surface area (Å²) in [6, 6.07) is 0. The average molecular weight is 200 g/mol. The molecular formula is C10H16O4. The number of hydrogen-bond acceptors (Lipinski definition) is 4. The molecule has 80 valence electrons. The fourth-order valence-corrected chi connectivity index (χ4v) is 0.659. The summed E-state index contributed by atoms with van der Waals surface area (Å²) in [5.41, 5.74) is 0.163. The molecule has 0 unspecified atom stereocenters. The maximum absolute atomic E-state index is 11.1. The number of hydrogen-bond donors (Lipinski definition) is 0. The molecule has 0 saturated heterocycles. The minimum Gasteiger partial charge on any atom is -0.462 e. The molecule has 0 heterocycles. The van der Waals surface area contributed by atoms with E-state index in [1.807, 2.05) is 6.92 Å². The van der Waals surface area contributed by atoms with Gasteiger partial charge in [-0.1, -0.05) is 19.9 Å². The monoisotopic (exact) mass is 200 g/mol. The van der Waals surface area contributed by atoms with Gasteiger partial charge < -0.3 is 9.47 Å². The van der Waals surface area contributed by atoms with Crippen LogP contribution in [0.2, 0.25) is 0 Å². The smallest absolute Gasteiger partial charge is 0.336 e. The number of carbonyl (C=O) groups excluding carboxylic acids is 2. The van der Waals surface area contributed by atoms with Crippen LogP contribution >= 0.6 is 0 Å². The Morgan fingerprint density at radius 3 is 2.43 bits per heavy atom. The van der Waals surface area contributed by atoms with Gasteiger partial charge in [-0.2, -0.15) is 0 Å². The zero-order valence-electron chi connectivity index (χ0n) is 8.67. The first-order chi connectivity index (χ1) is 6.57. The number of rotatable bonds is 6. The number of unbranched alkanes of at least 4 members (excludes halogenated alkanes) is 1. The van der Waals surface area contributed by atoms with E-state index in [4.69, 9.17) is 4.74 Å². The fourth-order valence-electron chi connectivity index (χ4n) is 0.659.